The summed E-state index contributed by atoms with van der Waals surface area (Å²) in [4.78, 5) is 20.6. The van der Waals surface area contributed by atoms with E-state index in [1.54, 1.807) is 6.92 Å². The first kappa shape index (κ1) is 17.2. The lowest BCUT2D eigenvalue weighted by molar-refractivity contribution is -0.130. The van der Waals surface area contributed by atoms with Crippen molar-refractivity contribution < 1.29 is 4.79 Å². The number of nitrogens with zero attached hydrogens (tertiary/aromatic N) is 4. The van der Waals surface area contributed by atoms with Gasteiger partial charge in [0.25, 0.3) is 0 Å². The number of rotatable bonds is 4. The number of alkyl halides is 1. The van der Waals surface area contributed by atoms with Gasteiger partial charge in [-0.2, -0.15) is 4.37 Å². The molecule has 1 saturated heterocycles. The van der Waals surface area contributed by atoms with Crippen molar-refractivity contribution in [2.75, 3.05) is 31.1 Å². The summed E-state index contributed by atoms with van der Waals surface area (Å²) in [6.45, 7) is 6.71. The maximum Gasteiger partial charge on any atom is 0.240 e. The zero-order chi connectivity index (χ0) is 17.1. The molecule has 1 amide bonds. The molecule has 5 nitrogen and oxygen atoms in total. The molecule has 1 fully saturated rings. The summed E-state index contributed by atoms with van der Waals surface area (Å²) in [5.74, 6) is 0.861. The normalized spacial score (nSPS) is 16.3. The minimum Gasteiger partial charge on any atom is -0.343 e. The van der Waals surface area contributed by atoms with Crippen LogP contribution in [-0.2, 0) is 11.2 Å². The Morgan fingerprint density at radius 3 is 2.54 bits per heavy atom. The van der Waals surface area contributed by atoms with Crippen molar-refractivity contribution in [3.63, 3.8) is 0 Å². The Labute approximate surface area is 151 Å². The largest absolute Gasteiger partial charge is 0.343 e. The van der Waals surface area contributed by atoms with Gasteiger partial charge in [0.1, 0.15) is 11.2 Å². The fraction of sp³-hybridized carbons (Fsp3) is 0.471. The second-order valence-electron chi connectivity index (χ2n) is 6.08. The van der Waals surface area contributed by atoms with Crippen LogP contribution in [0.2, 0.25) is 0 Å². The van der Waals surface area contributed by atoms with Crippen LogP contribution >= 0.6 is 23.1 Å². The predicted octanol–water partition coefficient (Wildman–Crippen LogP) is 2.71. The van der Waals surface area contributed by atoms with Gasteiger partial charge in [0.2, 0.25) is 11.0 Å². The summed E-state index contributed by atoms with van der Waals surface area (Å²) in [5.41, 5.74) is 2.47. The second-order valence-corrected chi connectivity index (χ2v) is 7.47. The van der Waals surface area contributed by atoms with E-state index < -0.39 is 5.38 Å². The molecule has 2 heterocycles. The molecule has 1 aromatic carbocycles. The predicted molar refractivity (Wildman–Crippen MR) is 98.0 cm³/mol. The lowest BCUT2D eigenvalue weighted by Crippen LogP contribution is -2.50. The Balaban J connectivity index is 1.58. The maximum atomic E-state index is 11.9. The summed E-state index contributed by atoms with van der Waals surface area (Å²) in [7, 11) is 0. The van der Waals surface area contributed by atoms with Crippen molar-refractivity contribution in [2.45, 2.75) is 25.6 Å². The highest BCUT2D eigenvalue weighted by Gasteiger charge is 2.25. The molecule has 7 heteroatoms. The number of piperazine rings is 1. The molecular weight excluding hydrogens is 344 g/mol. The monoisotopic (exact) mass is 364 g/mol. The van der Waals surface area contributed by atoms with Crippen molar-refractivity contribution in [1.82, 2.24) is 14.3 Å². The van der Waals surface area contributed by atoms with E-state index in [0.717, 1.165) is 30.5 Å². The van der Waals surface area contributed by atoms with Gasteiger partial charge < -0.3 is 9.80 Å². The van der Waals surface area contributed by atoms with Gasteiger partial charge in [0.15, 0.2) is 0 Å². The first-order valence-electron chi connectivity index (χ1n) is 8.09. The smallest absolute Gasteiger partial charge is 0.240 e. The van der Waals surface area contributed by atoms with Gasteiger partial charge in [-0.25, -0.2) is 4.98 Å². The number of hydrogen-bond acceptors (Lipinski definition) is 5. The van der Waals surface area contributed by atoms with Crippen molar-refractivity contribution in [1.29, 1.82) is 0 Å². The van der Waals surface area contributed by atoms with Crippen LogP contribution < -0.4 is 4.90 Å². The molecule has 3 rings (SSSR count). The Morgan fingerprint density at radius 2 is 1.92 bits per heavy atom. The van der Waals surface area contributed by atoms with Gasteiger partial charge >= 0.3 is 0 Å². The Morgan fingerprint density at radius 1 is 1.25 bits per heavy atom. The van der Waals surface area contributed by atoms with Crippen LogP contribution in [0, 0.1) is 6.92 Å². The Hall–Kier alpha value is -1.66. The molecule has 1 atom stereocenters. The van der Waals surface area contributed by atoms with Crippen molar-refractivity contribution in [3.8, 4) is 0 Å². The van der Waals surface area contributed by atoms with Crippen molar-refractivity contribution in [3.05, 3.63) is 41.2 Å². The molecule has 1 aromatic heterocycles. The van der Waals surface area contributed by atoms with Crippen LogP contribution in [0.3, 0.4) is 0 Å². The highest BCUT2D eigenvalue weighted by atomic mass is 35.5. The van der Waals surface area contributed by atoms with Gasteiger partial charge in [-0.15, -0.1) is 11.6 Å². The minimum absolute atomic E-state index is 0.00800. The number of carbonyl (C=O) groups excluding carboxylic acids is 1. The van der Waals surface area contributed by atoms with E-state index in [1.165, 1.54) is 22.7 Å². The molecule has 128 valence electrons. The molecule has 0 saturated carbocycles. The average molecular weight is 365 g/mol. The van der Waals surface area contributed by atoms with Crippen molar-refractivity contribution in [2.24, 2.45) is 0 Å². The molecule has 1 aliphatic heterocycles. The number of aryl methyl sites for hydroxylation is 1. The second kappa shape index (κ2) is 7.49. The zero-order valence-corrected chi connectivity index (χ0v) is 15.5. The summed E-state index contributed by atoms with van der Waals surface area (Å²) < 4.78 is 4.48. The highest BCUT2D eigenvalue weighted by molar-refractivity contribution is 7.09. The number of benzene rings is 1. The van der Waals surface area contributed by atoms with E-state index in [4.69, 9.17) is 11.6 Å². The fourth-order valence-electron chi connectivity index (χ4n) is 2.70. The number of carbonyl (C=O) groups is 1. The maximum absolute atomic E-state index is 11.9. The lowest BCUT2D eigenvalue weighted by atomic mass is 10.1. The average Bonchev–Trinajstić information content (AvgIpc) is 3.05. The number of halogens is 1. The topological polar surface area (TPSA) is 49.3 Å². The fourth-order valence-corrected chi connectivity index (χ4v) is 3.58. The van der Waals surface area contributed by atoms with Crippen molar-refractivity contribution >= 4 is 34.2 Å². The minimum atomic E-state index is -0.459. The summed E-state index contributed by atoms with van der Waals surface area (Å²) in [6.07, 6.45) is 0.749. The van der Waals surface area contributed by atoms with Gasteiger partial charge in [0.05, 0.1) is 0 Å². The molecule has 0 N–H and O–H groups in total. The van der Waals surface area contributed by atoms with Crippen LogP contribution in [0.15, 0.2) is 24.3 Å². The standard InChI is InChI=1S/C17H21ClN4OS/c1-12-3-5-14(6-4-12)11-15-19-17(24-20-15)22-9-7-21(8-10-22)16(23)13(2)18/h3-6,13H,7-11H2,1-2H3. The first-order valence-corrected chi connectivity index (χ1v) is 9.30. The SMILES string of the molecule is Cc1ccc(Cc2nsc(N3CCN(C(=O)C(C)Cl)CC3)n2)cc1. The summed E-state index contributed by atoms with van der Waals surface area (Å²) >= 11 is 7.31. The van der Waals surface area contributed by atoms with Crippen LogP contribution in [0.5, 0.6) is 0 Å². The molecular formula is C17H21ClN4OS. The molecule has 0 bridgehead atoms. The lowest BCUT2D eigenvalue weighted by Gasteiger charge is -2.34. The number of aromatic nitrogens is 2. The zero-order valence-electron chi connectivity index (χ0n) is 13.9. The summed E-state index contributed by atoms with van der Waals surface area (Å²) in [6, 6.07) is 8.45. The number of amides is 1. The highest BCUT2D eigenvalue weighted by Crippen LogP contribution is 2.21. The van der Waals surface area contributed by atoms with Crippen LogP contribution in [0.25, 0.3) is 0 Å². The van der Waals surface area contributed by atoms with Gasteiger partial charge in [-0.3, -0.25) is 4.79 Å². The Bertz CT molecular complexity index is 693. The van der Waals surface area contributed by atoms with E-state index in [0.29, 0.717) is 13.1 Å². The molecule has 0 radical (unpaired) electrons. The molecule has 2 aromatic rings. The van der Waals surface area contributed by atoms with Crippen LogP contribution in [0.1, 0.15) is 23.9 Å². The third kappa shape index (κ3) is 4.05. The van der Waals surface area contributed by atoms with Gasteiger partial charge in [0, 0.05) is 44.1 Å². The molecule has 1 aliphatic rings. The van der Waals surface area contributed by atoms with E-state index in [9.17, 15) is 4.79 Å². The first-order chi connectivity index (χ1) is 11.5. The number of anilines is 1. The van der Waals surface area contributed by atoms with E-state index in [-0.39, 0.29) is 5.91 Å². The van der Waals surface area contributed by atoms with E-state index in [1.807, 2.05) is 4.90 Å². The van der Waals surface area contributed by atoms with Crippen LogP contribution in [0.4, 0.5) is 5.13 Å². The molecule has 24 heavy (non-hydrogen) atoms. The molecule has 1 unspecified atom stereocenters. The third-order valence-corrected chi connectivity index (χ3v) is 5.14. The van der Waals surface area contributed by atoms with Gasteiger partial charge in [-0.1, -0.05) is 29.8 Å². The van der Waals surface area contributed by atoms with E-state index >= 15 is 0 Å². The van der Waals surface area contributed by atoms with Gasteiger partial charge in [-0.05, 0) is 19.4 Å². The van der Waals surface area contributed by atoms with E-state index in [2.05, 4.69) is 45.4 Å². The Kier molecular flexibility index (Phi) is 5.36. The third-order valence-electron chi connectivity index (χ3n) is 4.14. The molecule has 0 spiro atoms. The number of hydrogen-bond donors (Lipinski definition) is 0. The molecule has 0 aliphatic carbocycles. The quantitative estimate of drug-likeness (QED) is 0.783. The summed E-state index contributed by atoms with van der Waals surface area (Å²) in [5, 5.41) is 0.474. The van der Waals surface area contributed by atoms with Crippen LogP contribution in [-0.4, -0.2) is 51.7 Å².